The first-order valence-corrected chi connectivity index (χ1v) is 7.11. The van der Waals surface area contributed by atoms with Gasteiger partial charge in [-0.15, -0.1) is 0 Å². The SMILES string of the molecule is CCOC(=O)CCC[C@@H](OCOC)[C@H](OCOC)[C@@H](C)O. The van der Waals surface area contributed by atoms with Gasteiger partial charge in [0.1, 0.15) is 19.7 Å². The smallest absolute Gasteiger partial charge is 0.305 e. The molecule has 0 fully saturated rings. The normalized spacial score (nSPS) is 15.5. The number of esters is 1. The predicted octanol–water partition coefficient (Wildman–Crippen LogP) is 1.08. The van der Waals surface area contributed by atoms with Gasteiger partial charge in [-0.2, -0.15) is 0 Å². The van der Waals surface area contributed by atoms with Gasteiger partial charge in [0.25, 0.3) is 0 Å². The van der Waals surface area contributed by atoms with E-state index in [1.807, 2.05) is 0 Å². The predicted molar refractivity (Wildman–Crippen MR) is 75.7 cm³/mol. The zero-order valence-electron chi connectivity index (χ0n) is 13.4. The summed E-state index contributed by atoms with van der Waals surface area (Å²) < 4.78 is 25.6. The van der Waals surface area contributed by atoms with Crippen LogP contribution in [0, 0.1) is 0 Å². The third-order valence-corrected chi connectivity index (χ3v) is 2.80. The third-order valence-electron chi connectivity index (χ3n) is 2.80. The van der Waals surface area contributed by atoms with E-state index in [0.29, 0.717) is 25.9 Å². The van der Waals surface area contributed by atoms with E-state index in [1.165, 1.54) is 14.2 Å². The standard InChI is InChI=1S/C14H28O7/c1-5-19-13(16)8-6-7-12(20-9-17-3)14(11(2)15)21-10-18-4/h11-12,14-15H,5-10H2,1-4H3/t11-,12-,14-/m1/s1. The highest BCUT2D eigenvalue weighted by molar-refractivity contribution is 5.69. The van der Waals surface area contributed by atoms with Crippen molar-refractivity contribution in [1.29, 1.82) is 0 Å². The Morgan fingerprint density at radius 1 is 1.14 bits per heavy atom. The fourth-order valence-corrected chi connectivity index (χ4v) is 1.88. The fourth-order valence-electron chi connectivity index (χ4n) is 1.88. The van der Waals surface area contributed by atoms with Crippen LogP contribution in [0.3, 0.4) is 0 Å². The van der Waals surface area contributed by atoms with Crippen LogP contribution in [-0.2, 0) is 28.5 Å². The van der Waals surface area contributed by atoms with Gasteiger partial charge in [0.15, 0.2) is 0 Å². The molecule has 0 aliphatic heterocycles. The van der Waals surface area contributed by atoms with Gasteiger partial charge >= 0.3 is 5.97 Å². The first-order chi connectivity index (χ1) is 10.1. The Morgan fingerprint density at radius 3 is 2.29 bits per heavy atom. The second-order valence-electron chi connectivity index (χ2n) is 4.59. The molecule has 0 radical (unpaired) electrons. The maximum absolute atomic E-state index is 11.3. The molecule has 0 heterocycles. The highest BCUT2D eigenvalue weighted by Gasteiger charge is 2.27. The zero-order chi connectivity index (χ0) is 16.1. The molecule has 0 rings (SSSR count). The Balaban J connectivity index is 4.40. The van der Waals surface area contributed by atoms with E-state index in [2.05, 4.69) is 0 Å². The van der Waals surface area contributed by atoms with Crippen LogP contribution in [0.1, 0.15) is 33.1 Å². The van der Waals surface area contributed by atoms with Crippen LogP contribution in [0.5, 0.6) is 0 Å². The van der Waals surface area contributed by atoms with Gasteiger partial charge in [0.2, 0.25) is 0 Å². The van der Waals surface area contributed by atoms with E-state index >= 15 is 0 Å². The molecule has 126 valence electrons. The lowest BCUT2D eigenvalue weighted by Gasteiger charge is -2.29. The lowest BCUT2D eigenvalue weighted by atomic mass is 10.0. The summed E-state index contributed by atoms with van der Waals surface area (Å²) in [6, 6.07) is 0. The molecule has 0 aliphatic rings. The van der Waals surface area contributed by atoms with Crippen molar-refractivity contribution in [1.82, 2.24) is 0 Å². The number of carbonyl (C=O) groups excluding carboxylic acids is 1. The number of ether oxygens (including phenoxy) is 5. The van der Waals surface area contributed by atoms with Gasteiger partial charge in [-0.3, -0.25) is 4.79 Å². The Labute approximate surface area is 126 Å². The van der Waals surface area contributed by atoms with Crippen molar-refractivity contribution in [3.05, 3.63) is 0 Å². The van der Waals surface area contributed by atoms with Crippen LogP contribution < -0.4 is 0 Å². The maximum Gasteiger partial charge on any atom is 0.305 e. The molecule has 0 aromatic carbocycles. The number of aliphatic hydroxyl groups is 1. The minimum atomic E-state index is -0.732. The van der Waals surface area contributed by atoms with Crippen molar-refractivity contribution in [2.75, 3.05) is 34.4 Å². The molecule has 0 aromatic rings. The average Bonchev–Trinajstić information content (AvgIpc) is 2.44. The molecule has 0 bridgehead atoms. The summed E-state index contributed by atoms with van der Waals surface area (Å²) in [6.45, 7) is 3.90. The number of aliphatic hydroxyl groups excluding tert-OH is 1. The molecular weight excluding hydrogens is 280 g/mol. The molecule has 0 unspecified atom stereocenters. The topological polar surface area (TPSA) is 83.5 Å². The van der Waals surface area contributed by atoms with Gasteiger partial charge in [-0.1, -0.05) is 0 Å². The molecule has 21 heavy (non-hydrogen) atoms. The molecule has 1 N–H and O–H groups in total. The Morgan fingerprint density at radius 2 is 1.76 bits per heavy atom. The van der Waals surface area contributed by atoms with Crippen LogP contribution >= 0.6 is 0 Å². The molecule has 7 heteroatoms. The number of rotatable bonds is 13. The lowest BCUT2D eigenvalue weighted by molar-refractivity contribution is -0.184. The minimum Gasteiger partial charge on any atom is -0.466 e. The van der Waals surface area contributed by atoms with E-state index in [4.69, 9.17) is 23.7 Å². The van der Waals surface area contributed by atoms with Crippen molar-refractivity contribution < 1.29 is 33.6 Å². The summed E-state index contributed by atoms with van der Waals surface area (Å²) in [4.78, 5) is 11.3. The molecule has 0 spiro atoms. The first kappa shape index (κ1) is 20.3. The van der Waals surface area contributed by atoms with E-state index in [1.54, 1.807) is 13.8 Å². The first-order valence-electron chi connectivity index (χ1n) is 7.11. The quantitative estimate of drug-likeness (QED) is 0.402. The minimum absolute atomic E-state index is 0.0558. The lowest BCUT2D eigenvalue weighted by Crippen LogP contribution is -2.41. The van der Waals surface area contributed by atoms with E-state index in [9.17, 15) is 9.90 Å². The van der Waals surface area contributed by atoms with Gasteiger partial charge in [-0.05, 0) is 26.7 Å². The summed E-state index contributed by atoms with van der Waals surface area (Å²) in [7, 11) is 3.02. The Hall–Kier alpha value is -0.730. The van der Waals surface area contributed by atoms with Crippen LogP contribution in [0.25, 0.3) is 0 Å². The van der Waals surface area contributed by atoms with Crippen LogP contribution in [0.15, 0.2) is 0 Å². The summed E-state index contributed by atoms with van der Waals surface area (Å²) >= 11 is 0. The summed E-state index contributed by atoms with van der Waals surface area (Å²) in [5.41, 5.74) is 0. The Kier molecular flexibility index (Phi) is 12.5. The third kappa shape index (κ3) is 9.76. The molecule has 0 aliphatic carbocycles. The molecule has 0 saturated heterocycles. The average molecular weight is 308 g/mol. The van der Waals surface area contributed by atoms with Crippen molar-refractivity contribution in [2.45, 2.75) is 51.4 Å². The van der Waals surface area contributed by atoms with E-state index < -0.39 is 18.3 Å². The van der Waals surface area contributed by atoms with E-state index in [-0.39, 0.29) is 19.6 Å². The highest BCUT2D eigenvalue weighted by Crippen LogP contribution is 2.16. The number of carbonyl (C=O) groups is 1. The zero-order valence-corrected chi connectivity index (χ0v) is 13.4. The molecule has 3 atom stereocenters. The largest absolute Gasteiger partial charge is 0.466 e. The van der Waals surface area contributed by atoms with Crippen molar-refractivity contribution in [3.8, 4) is 0 Å². The Bertz CT molecular complexity index is 258. The highest BCUT2D eigenvalue weighted by atomic mass is 16.7. The molecule has 0 amide bonds. The summed E-state index contributed by atoms with van der Waals surface area (Å²) in [5.74, 6) is -0.241. The number of hydrogen-bond donors (Lipinski definition) is 1. The van der Waals surface area contributed by atoms with Gasteiger partial charge in [-0.25, -0.2) is 0 Å². The van der Waals surface area contributed by atoms with Gasteiger partial charge in [0.05, 0.1) is 18.8 Å². The second-order valence-corrected chi connectivity index (χ2v) is 4.59. The van der Waals surface area contributed by atoms with Crippen molar-refractivity contribution in [3.63, 3.8) is 0 Å². The summed E-state index contributed by atoms with van der Waals surface area (Å²) in [5, 5.41) is 9.81. The maximum atomic E-state index is 11.3. The van der Waals surface area contributed by atoms with Crippen LogP contribution in [-0.4, -0.2) is 63.8 Å². The van der Waals surface area contributed by atoms with Crippen molar-refractivity contribution >= 4 is 5.97 Å². The molecule has 0 saturated carbocycles. The number of methoxy groups -OCH3 is 2. The van der Waals surface area contributed by atoms with Gasteiger partial charge in [0, 0.05) is 20.6 Å². The van der Waals surface area contributed by atoms with Crippen molar-refractivity contribution in [2.24, 2.45) is 0 Å². The van der Waals surface area contributed by atoms with Crippen LogP contribution in [0.2, 0.25) is 0 Å². The molecule has 0 aromatic heterocycles. The summed E-state index contributed by atoms with van der Waals surface area (Å²) in [6.07, 6.45) is -0.257. The monoisotopic (exact) mass is 308 g/mol. The second kappa shape index (κ2) is 13.0. The molecular formula is C14H28O7. The van der Waals surface area contributed by atoms with E-state index in [0.717, 1.165) is 0 Å². The van der Waals surface area contributed by atoms with Gasteiger partial charge < -0.3 is 28.8 Å². The molecule has 7 nitrogen and oxygen atoms in total. The number of hydrogen-bond acceptors (Lipinski definition) is 7. The fraction of sp³-hybridized carbons (Fsp3) is 0.929. The van der Waals surface area contributed by atoms with Crippen LogP contribution in [0.4, 0.5) is 0 Å².